The molecule has 0 aliphatic heterocycles. The predicted molar refractivity (Wildman–Crippen MR) is 39.3 cm³/mol. The Hall–Kier alpha value is -1.07. The van der Waals surface area contributed by atoms with Crippen molar-refractivity contribution >= 4 is 10.1 Å². The van der Waals surface area contributed by atoms with Crippen molar-refractivity contribution in [3.05, 3.63) is 24.3 Å². The van der Waals surface area contributed by atoms with Gasteiger partial charge in [-0.3, -0.25) is 4.55 Å². The van der Waals surface area contributed by atoms with Gasteiger partial charge < -0.3 is 5.11 Å². The summed E-state index contributed by atoms with van der Waals surface area (Å²) < 4.78 is 29.4. The van der Waals surface area contributed by atoms with Crippen molar-refractivity contribution in [3.63, 3.8) is 0 Å². The smallest absolute Gasteiger partial charge is 0.294 e. The highest BCUT2D eigenvalue weighted by Crippen LogP contribution is 2.13. The second-order valence-electron chi connectivity index (χ2n) is 2.00. The lowest BCUT2D eigenvalue weighted by Gasteiger charge is -1.93. The van der Waals surface area contributed by atoms with Crippen LogP contribution in [0.4, 0.5) is 0 Å². The van der Waals surface area contributed by atoms with Gasteiger partial charge in [0.1, 0.15) is 0 Å². The van der Waals surface area contributed by atoms with E-state index in [2.05, 4.69) is 0 Å². The molecule has 60 valence electrons. The van der Waals surface area contributed by atoms with Crippen LogP contribution in [-0.2, 0) is 10.1 Å². The summed E-state index contributed by atoms with van der Waals surface area (Å²) in [6.45, 7) is 0. The Balaban J connectivity index is 3.20. The van der Waals surface area contributed by atoms with Crippen molar-refractivity contribution in [2.24, 2.45) is 0 Å². The molecule has 0 heterocycles. The molecule has 0 atom stereocenters. The summed E-state index contributed by atoms with van der Waals surface area (Å²) >= 11 is 0. The Morgan fingerprint density at radius 1 is 1.18 bits per heavy atom. The second-order valence-corrected chi connectivity index (χ2v) is 3.42. The average molecular weight is 175 g/mol. The topological polar surface area (TPSA) is 77.3 Å². The van der Waals surface area contributed by atoms with Crippen LogP contribution < -0.4 is 0 Å². The molecule has 0 amide bonds. The lowest BCUT2D eigenvalue weighted by atomic mass is 10.3. The minimum Gasteiger partial charge on any atom is -0.593 e. The van der Waals surface area contributed by atoms with Crippen LogP contribution in [0.2, 0.25) is 0 Å². The summed E-state index contributed by atoms with van der Waals surface area (Å²) in [5.41, 5.74) is 0. The highest BCUT2D eigenvalue weighted by atomic mass is 32.2. The van der Waals surface area contributed by atoms with Gasteiger partial charge in [-0.15, -0.1) is 0 Å². The first-order chi connectivity index (χ1) is 5.00. The zero-order valence-corrected chi connectivity index (χ0v) is 6.30. The fraction of sp³-hybridized carbons (Fsp3) is 0. The van der Waals surface area contributed by atoms with E-state index in [4.69, 9.17) is 9.66 Å². The van der Waals surface area contributed by atoms with Gasteiger partial charge in [-0.1, -0.05) is 0 Å². The molecular weight excluding hydrogens is 168 g/mol. The molecule has 4 nitrogen and oxygen atoms in total. The Morgan fingerprint density at radius 3 is 2.00 bits per heavy atom. The highest BCUT2D eigenvalue weighted by molar-refractivity contribution is 7.85. The van der Waals surface area contributed by atoms with E-state index in [9.17, 15) is 8.42 Å². The van der Waals surface area contributed by atoms with Crippen LogP contribution >= 0.6 is 0 Å². The predicted octanol–water partition coefficient (Wildman–Crippen LogP) is 0.371. The zero-order valence-electron chi connectivity index (χ0n) is 5.48. The minimum absolute atomic E-state index is 0.187. The fourth-order valence-corrected chi connectivity index (χ4v) is 1.11. The summed E-state index contributed by atoms with van der Waals surface area (Å²) in [5.74, 6) is 0.206. The number of rotatable bonds is 1. The monoisotopic (exact) mass is 175 g/mol. The molecule has 0 spiro atoms. The fourth-order valence-electron chi connectivity index (χ4n) is 0.627. The number of hydrogen-bond donors (Lipinski definition) is 1. The van der Waals surface area contributed by atoms with Crippen LogP contribution in [-0.4, -0.2) is 18.1 Å². The van der Waals surface area contributed by atoms with Gasteiger partial charge in [-0.2, -0.15) is 8.42 Å². The molecule has 0 fully saturated rings. The summed E-state index contributed by atoms with van der Waals surface area (Å²) in [5, 5.41) is 7.02. The first-order valence-electron chi connectivity index (χ1n) is 2.79. The van der Waals surface area contributed by atoms with E-state index in [-0.39, 0.29) is 10.6 Å². The van der Waals surface area contributed by atoms with Gasteiger partial charge in [-0.05, 0) is 12.1 Å². The lowest BCUT2D eigenvalue weighted by Crippen LogP contribution is -1.96. The third-order valence-electron chi connectivity index (χ3n) is 1.15. The summed E-state index contributed by atoms with van der Waals surface area (Å²) in [7, 11) is -4.10. The van der Waals surface area contributed by atoms with Gasteiger partial charge in [0.2, 0.25) is 0 Å². The van der Waals surface area contributed by atoms with Crippen molar-refractivity contribution in [3.8, 4) is 5.75 Å². The van der Waals surface area contributed by atoms with Crippen molar-refractivity contribution in [2.45, 2.75) is 4.90 Å². The van der Waals surface area contributed by atoms with Gasteiger partial charge in [0, 0.05) is 12.1 Å². The van der Waals surface area contributed by atoms with Crippen molar-refractivity contribution in [1.29, 1.82) is 0 Å². The standard InChI is InChI=1S/C6H6O4S/c7-5-1-3-6(4-2-5)11(8,9)10/h1-4,7H,(H,8,9,10)/p+1. The van der Waals surface area contributed by atoms with E-state index in [0.717, 1.165) is 0 Å². The molecule has 0 bridgehead atoms. The van der Waals surface area contributed by atoms with Crippen LogP contribution in [0.15, 0.2) is 29.2 Å². The van der Waals surface area contributed by atoms with Crippen molar-refractivity contribution < 1.29 is 18.1 Å². The maximum Gasteiger partial charge on any atom is 0.294 e. The molecule has 0 saturated carbocycles. The van der Waals surface area contributed by atoms with Crippen LogP contribution in [0.25, 0.3) is 0 Å². The lowest BCUT2D eigenvalue weighted by molar-refractivity contribution is 0.472. The molecule has 0 radical (unpaired) electrons. The largest absolute Gasteiger partial charge is 0.593 e. The molecular formula is C6H7O4S+. The average Bonchev–Trinajstić information content (AvgIpc) is 1.86. The SMILES string of the molecule is O=S(=O)(O)c1ccc([OH2+])cc1. The normalized spacial score (nSPS) is 11.4. The third kappa shape index (κ3) is 1.92. The Kier molecular flexibility index (Phi) is 1.84. The third-order valence-corrected chi connectivity index (χ3v) is 2.02. The van der Waals surface area contributed by atoms with E-state index < -0.39 is 10.1 Å². The van der Waals surface area contributed by atoms with E-state index in [1.54, 1.807) is 0 Å². The first kappa shape index (κ1) is 8.03. The molecule has 11 heavy (non-hydrogen) atoms. The van der Waals surface area contributed by atoms with E-state index >= 15 is 0 Å². The van der Waals surface area contributed by atoms with Crippen LogP contribution in [0.5, 0.6) is 5.75 Å². The van der Waals surface area contributed by atoms with E-state index in [1.807, 2.05) is 0 Å². The van der Waals surface area contributed by atoms with Crippen molar-refractivity contribution in [2.75, 3.05) is 0 Å². The molecule has 1 rings (SSSR count). The number of hydrogen-bond acceptors (Lipinski definition) is 2. The molecule has 0 aliphatic carbocycles. The quantitative estimate of drug-likeness (QED) is 0.494. The molecule has 0 aliphatic rings. The molecule has 1 aromatic carbocycles. The first-order valence-corrected chi connectivity index (χ1v) is 4.23. The summed E-state index contributed by atoms with van der Waals surface area (Å²) in [4.78, 5) is -0.187. The molecule has 1 aromatic rings. The van der Waals surface area contributed by atoms with Gasteiger partial charge in [0.15, 0.2) is 0 Å². The van der Waals surface area contributed by atoms with Gasteiger partial charge in [0.25, 0.3) is 15.9 Å². The van der Waals surface area contributed by atoms with Gasteiger partial charge >= 0.3 is 0 Å². The maximum absolute atomic E-state index is 10.4. The van der Waals surface area contributed by atoms with Crippen LogP contribution in [0.1, 0.15) is 0 Å². The van der Waals surface area contributed by atoms with Crippen LogP contribution in [0.3, 0.4) is 0 Å². The zero-order chi connectivity index (χ0) is 8.48. The molecule has 3 N–H and O–H groups in total. The second kappa shape index (κ2) is 2.52. The molecule has 0 aromatic heterocycles. The van der Waals surface area contributed by atoms with E-state index in [1.165, 1.54) is 24.3 Å². The molecule has 5 heteroatoms. The van der Waals surface area contributed by atoms with E-state index in [0.29, 0.717) is 0 Å². The van der Waals surface area contributed by atoms with Gasteiger partial charge in [0.05, 0.1) is 4.90 Å². The molecule has 0 saturated heterocycles. The van der Waals surface area contributed by atoms with Crippen LogP contribution in [0, 0.1) is 0 Å². The Bertz CT molecular complexity index is 337. The Labute approximate surface area is 63.9 Å². The highest BCUT2D eigenvalue weighted by Gasteiger charge is 2.08. The molecule has 0 unspecified atom stereocenters. The maximum atomic E-state index is 10.4. The van der Waals surface area contributed by atoms with Gasteiger partial charge in [-0.25, -0.2) is 0 Å². The summed E-state index contributed by atoms with van der Waals surface area (Å²) in [6.07, 6.45) is 0. The Morgan fingerprint density at radius 2 is 1.64 bits per heavy atom. The number of benzene rings is 1. The van der Waals surface area contributed by atoms with Crippen molar-refractivity contribution in [1.82, 2.24) is 0 Å². The minimum atomic E-state index is -4.10. The summed E-state index contributed by atoms with van der Waals surface area (Å²) in [6, 6.07) is 4.95.